The lowest BCUT2D eigenvalue weighted by molar-refractivity contribution is -0.132. The quantitative estimate of drug-likeness (QED) is 0.216. The van der Waals surface area contributed by atoms with Crippen LogP contribution in [0.1, 0.15) is 17.2 Å². The fourth-order valence-electron chi connectivity index (χ4n) is 4.76. The van der Waals surface area contributed by atoms with Crippen LogP contribution in [0, 0.1) is 0 Å². The van der Waals surface area contributed by atoms with Crippen LogP contribution in [0.25, 0.3) is 16.5 Å². The molecule has 1 aliphatic heterocycles. The first kappa shape index (κ1) is 23.9. The van der Waals surface area contributed by atoms with E-state index in [0.29, 0.717) is 28.5 Å². The summed E-state index contributed by atoms with van der Waals surface area (Å²) in [5.74, 6) is -0.403. The van der Waals surface area contributed by atoms with Gasteiger partial charge in [-0.3, -0.25) is 14.5 Å². The highest BCUT2D eigenvalue weighted by Gasteiger charge is 2.47. The van der Waals surface area contributed by atoms with Crippen LogP contribution in [0.15, 0.2) is 90.5 Å². The average molecular weight is 496 g/mol. The van der Waals surface area contributed by atoms with Crippen molar-refractivity contribution in [1.29, 1.82) is 0 Å². The van der Waals surface area contributed by atoms with Gasteiger partial charge in [0, 0.05) is 11.8 Å². The van der Waals surface area contributed by atoms with Gasteiger partial charge in [-0.2, -0.15) is 0 Å². The van der Waals surface area contributed by atoms with Crippen molar-refractivity contribution < 1.29 is 28.9 Å². The Bertz CT molecular complexity index is 1530. The van der Waals surface area contributed by atoms with Gasteiger partial charge in [0.15, 0.2) is 0 Å². The molecule has 4 aromatic rings. The fourth-order valence-corrected chi connectivity index (χ4v) is 4.76. The van der Waals surface area contributed by atoms with Gasteiger partial charge in [0.1, 0.15) is 23.0 Å². The summed E-state index contributed by atoms with van der Waals surface area (Å²) in [6, 6.07) is 24.3. The number of hydrogen-bond acceptors (Lipinski definition) is 6. The van der Waals surface area contributed by atoms with E-state index in [4.69, 9.17) is 14.2 Å². The van der Waals surface area contributed by atoms with E-state index in [2.05, 4.69) is 0 Å². The van der Waals surface area contributed by atoms with Gasteiger partial charge in [0.2, 0.25) is 0 Å². The first-order valence-corrected chi connectivity index (χ1v) is 11.6. The number of nitrogens with zero attached hydrogens (tertiary/aromatic N) is 1. The molecule has 186 valence electrons. The lowest BCUT2D eigenvalue weighted by Gasteiger charge is -2.26. The van der Waals surface area contributed by atoms with E-state index >= 15 is 0 Å². The summed E-state index contributed by atoms with van der Waals surface area (Å²) in [5, 5.41) is 13.4. The van der Waals surface area contributed by atoms with Crippen LogP contribution in [0.4, 0.5) is 5.69 Å². The lowest BCUT2D eigenvalue weighted by atomic mass is 9.91. The second-order valence-corrected chi connectivity index (χ2v) is 8.50. The van der Waals surface area contributed by atoms with E-state index in [1.807, 2.05) is 42.5 Å². The molecule has 37 heavy (non-hydrogen) atoms. The molecule has 0 spiro atoms. The number of amides is 1. The minimum absolute atomic E-state index is 0.0272. The summed E-state index contributed by atoms with van der Waals surface area (Å²) in [7, 11) is 4.54. The Balaban J connectivity index is 1.79. The highest BCUT2D eigenvalue weighted by molar-refractivity contribution is 6.52. The monoisotopic (exact) mass is 495 g/mol. The number of rotatable bonds is 6. The molecule has 1 aliphatic rings. The van der Waals surface area contributed by atoms with Gasteiger partial charge in [-0.1, -0.05) is 42.5 Å². The molecule has 1 N–H and O–H groups in total. The van der Waals surface area contributed by atoms with E-state index < -0.39 is 17.7 Å². The van der Waals surface area contributed by atoms with Crippen LogP contribution in [-0.4, -0.2) is 38.1 Å². The van der Waals surface area contributed by atoms with E-state index in [1.165, 1.54) is 19.1 Å². The van der Waals surface area contributed by atoms with Crippen LogP contribution in [0.2, 0.25) is 0 Å². The van der Waals surface area contributed by atoms with Gasteiger partial charge in [-0.15, -0.1) is 0 Å². The van der Waals surface area contributed by atoms with Gasteiger partial charge in [-0.25, -0.2) is 0 Å². The minimum atomic E-state index is -0.883. The van der Waals surface area contributed by atoms with Crippen molar-refractivity contribution in [3.05, 3.63) is 102 Å². The highest BCUT2D eigenvalue weighted by atomic mass is 16.5. The number of aliphatic hydroxyl groups excluding tert-OH is 1. The topological polar surface area (TPSA) is 85.3 Å². The lowest BCUT2D eigenvalue weighted by Crippen LogP contribution is -2.29. The molecule has 0 aliphatic carbocycles. The number of methoxy groups -OCH3 is 3. The molecule has 4 aromatic carbocycles. The van der Waals surface area contributed by atoms with Crippen LogP contribution < -0.4 is 19.1 Å². The van der Waals surface area contributed by atoms with Crippen LogP contribution in [-0.2, 0) is 9.59 Å². The van der Waals surface area contributed by atoms with E-state index in [9.17, 15) is 14.7 Å². The zero-order valence-electron chi connectivity index (χ0n) is 20.6. The Morgan fingerprint density at radius 2 is 1.46 bits per heavy atom. The average Bonchev–Trinajstić information content (AvgIpc) is 3.21. The summed E-state index contributed by atoms with van der Waals surface area (Å²) in [5.41, 5.74) is 1.46. The van der Waals surface area contributed by atoms with Crippen molar-refractivity contribution in [2.24, 2.45) is 0 Å². The molecule has 7 nitrogen and oxygen atoms in total. The molecule has 5 rings (SSSR count). The number of fused-ring (bicyclic) bond motifs is 1. The summed E-state index contributed by atoms with van der Waals surface area (Å²) >= 11 is 0. The van der Waals surface area contributed by atoms with Gasteiger partial charge >= 0.3 is 0 Å². The summed E-state index contributed by atoms with van der Waals surface area (Å²) < 4.78 is 16.0. The van der Waals surface area contributed by atoms with Crippen molar-refractivity contribution in [2.75, 3.05) is 26.2 Å². The largest absolute Gasteiger partial charge is 0.507 e. The van der Waals surface area contributed by atoms with E-state index in [-0.39, 0.29) is 16.9 Å². The first-order chi connectivity index (χ1) is 18.0. The third-order valence-corrected chi connectivity index (χ3v) is 6.58. The zero-order chi connectivity index (χ0) is 26.1. The Morgan fingerprint density at radius 3 is 2.16 bits per heavy atom. The molecule has 1 fully saturated rings. The molecular formula is C30H25NO6. The number of ketones is 1. The van der Waals surface area contributed by atoms with Gasteiger partial charge < -0.3 is 19.3 Å². The number of carbonyl (C=O) groups excluding carboxylic acids is 2. The number of hydrogen-bond donors (Lipinski definition) is 1. The van der Waals surface area contributed by atoms with Gasteiger partial charge in [-0.05, 0) is 52.7 Å². The maximum absolute atomic E-state index is 13.6. The molecule has 1 saturated heterocycles. The van der Waals surface area contributed by atoms with E-state index in [0.717, 1.165) is 10.8 Å². The van der Waals surface area contributed by atoms with Crippen molar-refractivity contribution in [2.45, 2.75) is 6.04 Å². The van der Waals surface area contributed by atoms with Crippen molar-refractivity contribution in [3.63, 3.8) is 0 Å². The van der Waals surface area contributed by atoms with Crippen molar-refractivity contribution in [1.82, 2.24) is 0 Å². The second kappa shape index (κ2) is 9.70. The summed E-state index contributed by atoms with van der Waals surface area (Å²) in [4.78, 5) is 28.5. The maximum atomic E-state index is 13.6. The number of anilines is 1. The molecule has 0 radical (unpaired) electrons. The van der Waals surface area contributed by atoms with Crippen LogP contribution >= 0.6 is 0 Å². The smallest absolute Gasteiger partial charge is 0.300 e. The highest BCUT2D eigenvalue weighted by Crippen LogP contribution is 2.45. The normalized spacial score (nSPS) is 16.7. The molecule has 0 bridgehead atoms. The molecular weight excluding hydrogens is 470 g/mol. The number of ether oxygens (including phenoxy) is 3. The molecule has 0 aromatic heterocycles. The molecule has 0 saturated carbocycles. The second-order valence-electron chi connectivity index (χ2n) is 8.50. The predicted octanol–water partition coefficient (Wildman–Crippen LogP) is 5.49. The van der Waals surface area contributed by atoms with Crippen molar-refractivity contribution >= 4 is 33.9 Å². The Labute approximate surface area is 214 Å². The third kappa shape index (κ3) is 4.04. The maximum Gasteiger partial charge on any atom is 0.300 e. The fraction of sp³-hybridized carbons (Fsp3) is 0.133. The van der Waals surface area contributed by atoms with Gasteiger partial charge in [0.25, 0.3) is 11.7 Å². The number of benzene rings is 4. The number of carbonyl (C=O) groups is 2. The van der Waals surface area contributed by atoms with E-state index in [1.54, 1.807) is 49.6 Å². The standard InChI is InChI=1S/C30H25NO6/c1-35-20-13-11-19(12-14-20)31-27(23-10-6-8-18-7-4-5-9-22(18)23)26(29(33)30(31)34)28(32)24-16-15-21(36-2)17-25(24)37-3/h4-17,27,32H,1-3H3/b28-26+. The molecule has 1 unspecified atom stereocenters. The van der Waals surface area contributed by atoms with Crippen LogP contribution in [0.3, 0.4) is 0 Å². The summed E-state index contributed by atoms with van der Waals surface area (Å²) in [6.45, 7) is 0. The van der Waals surface area contributed by atoms with Gasteiger partial charge in [0.05, 0.1) is 38.5 Å². The molecule has 1 amide bonds. The predicted molar refractivity (Wildman–Crippen MR) is 141 cm³/mol. The van der Waals surface area contributed by atoms with Crippen LogP contribution in [0.5, 0.6) is 17.2 Å². The number of Topliss-reactive ketones (excluding diaryl/α,β-unsaturated/α-hetero) is 1. The zero-order valence-corrected chi connectivity index (χ0v) is 20.6. The Kier molecular flexibility index (Phi) is 6.27. The molecule has 1 heterocycles. The minimum Gasteiger partial charge on any atom is -0.507 e. The van der Waals surface area contributed by atoms with Crippen molar-refractivity contribution in [3.8, 4) is 17.2 Å². The molecule has 1 atom stereocenters. The first-order valence-electron chi connectivity index (χ1n) is 11.6. The summed E-state index contributed by atoms with van der Waals surface area (Å²) in [6.07, 6.45) is 0. The number of aliphatic hydroxyl groups is 1. The molecule has 7 heteroatoms. The Hall–Kier alpha value is -4.78. The Morgan fingerprint density at radius 1 is 0.784 bits per heavy atom. The third-order valence-electron chi connectivity index (χ3n) is 6.58. The SMILES string of the molecule is COc1ccc(N2C(=O)C(=O)/C(=C(/O)c3ccc(OC)cc3OC)C2c2cccc3ccccc23)cc1.